The van der Waals surface area contributed by atoms with Crippen molar-refractivity contribution < 1.29 is 43.4 Å². The van der Waals surface area contributed by atoms with Crippen LogP contribution in [0.5, 0.6) is 0 Å². The van der Waals surface area contributed by atoms with Crippen LogP contribution in [0.2, 0.25) is 0 Å². The fourth-order valence-electron chi connectivity index (χ4n) is 8.00. The van der Waals surface area contributed by atoms with Gasteiger partial charge in [0.2, 0.25) is 0 Å². The quantitative estimate of drug-likeness (QED) is 0.0656. The molecule has 353 valence electrons. The first-order valence-electron chi connectivity index (χ1n) is 22.1. The first-order valence-corrected chi connectivity index (χ1v) is 24.8. The average molecular weight is 1030 g/mol. The Balaban J connectivity index is 0.000000143. The maximum Gasteiger partial charge on any atom is 0.123 e. The Morgan fingerprint density at radius 2 is 0.479 bits per heavy atom. The van der Waals surface area contributed by atoms with Gasteiger partial charge in [-0.1, -0.05) is 146 Å². The van der Waals surface area contributed by atoms with E-state index in [0.717, 1.165) is 53.6 Å². The van der Waals surface area contributed by atoms with E-state index in [4.69, 9.17) is 0 Å². The van der Waals surface area contributed by atoms with E-state index < -0.39 is 15.8 Å². The molecule has 0 N–H and O–H groups in total. The van der Waals surface area contributed by atoms with Crippen LogP contribution < -0.4 is 31.8 Å². The summed E-state index contributed by atoms with van der Waals surface area (Å²) in [6.07, 6.45) is 3.75. The van der Waals surface area contributed by atoms with Crippen LogP contribution in [-0.2, 0) is 17.1 Å². The standard InChI is InChI=1S/C24H16N2.2C18H12F3P.Cu/c1-3-7-17(8-4-1)19-13-15-25-23-21(19)11-12-22-20(14-16-26-24(22)23)18-9-5-2-6-10-18;2*19-13-1-7-16(8-2-13)22(17-9-3-14(20)4-10-17)18-11-5-15(21)6-12-18;/h1-16H;2*1-12H;. The minimum atomic E-state index is -0.983. The number of hydrogen-bond acceptors (Lipinski definition) is 2. The summed E-state index contributed by atoms with van der Waals surface area (Å²) in [6, 6.07) is 66.7. The Morgan fingerprint density at radius 3 is 0.704 bits per heavy atom. The molecule has 11 rings (SSSR count). The SMILES string of the molecule is Fc1ccc(P(c2ccc(F)cc2)c2ccc(F)cc2)cc1.Fc1ccc(P(c2ccc(F)cc2)c2ccc(F)cc2)cc1.[Cu].c1ccc(-c2ccnc3c2ccc2c(-c4ccccc4)ccnc23)cc1. The number of rotatable bonds is 8. The Bertz CT molecular complexity index is 3010. The molecule has 0 saturated carbocycles. The van der Waals surface area contributed by atoms with Gasteiger partial charge in [-0.3, -0.25) is 9.97 Å². The van der Waals surface area contributed by atoms with E-state index in [1.54, 1.807) is 72.8 Å². The summed E-state index contributed by atoms with van der Waals surface area (Å²) >= 11 is 0. The van der Waals surface area contributed by atoms with Crippen LogP contribution in [0.4, 0.5) is 26.3 Å². The van der Waals surface area contributed by atoms with Gasteiger partial charge in [0.05, 0.1) is 11.0 Å². The maximum absolute atomic E-state index is 13.2. The summed E-state index contributed by atoms with van der Waals surface area (Å²) in [6.45, 7) is 0. The molecule has 0 spiro atoms. The monoisotopic (exact) mass is 1030 g/mol. The second-order valence-corrected chi connectivity index (χ2v) is 20.3. The van der Waals surface area contributed by atoms with Crippen molar-refractivity contribution in [3.8, 4) is 22.3 Å². The van der Waals surface area contributed by atoms with Crippen molar-refractivity contribution in [2.75, 3.05) is 0 Å². The molecule has 0 aliphatic rings. The van der Waals surface area contributed by atoms with Crippen molar-refractivity contribution in [2.24, 2.45) is 0 Å². The first-order chi connectivity index (χ1) is 34.2. The molecular weight excluding hydrogens is 988 g/mol. The van der Waals surface area contributed by atoms with E-state index in [-0.39, 0.29) is 52.0 Å². The first kappa shape index (κ1) is 50.2. The molecule has 0 saturated heterocycles. The zero-order valence-corrected chi connectivity index (χ0v) is 40.2. The summed E-state index contributed by atoms with van der Waals surface area (Å²) in [5, 5.41) is 7.81. The summed E-state index contributed by atoms with van der Waals surface area (Å²) in [5.74, 6) is -1.85. The fourth-order valence-corrected chi connectivity index (χ4v) is 12.5. The zero-order chi connectivity index (χ0) is 48.4. The van der Waals surface area contributed by atoms with Crippen LogP contribution in [0.3, 0.4) is 0 Å². The van der Waals surface area contributed by atoms with Gasteiger partial charge < -0.3 is 0 Å². The molecule has 71 heavy (non-hydrogen) atoms. The van der Waals surface area contributed by atoms with Crippen LogP contribution in [0, 0.1) is 34.9 Å². The molecule has 2 nitrogen and oxygen atoms in total. The van der Waals surface area contributed by atoms with E-state index in [9.17, 15) is 26.3 Å². The molecule has 0 bridgehead atoms. The Kier molecular flexibility index (Phi) is 16.7. The molecule has 11 heteroatoms. The van der Waals surface area contributed by atoms with Crippen molar-refractivity contribution in [3.05, 3.63) is 278 Å². The molecule has 0 fully saturated rings. The third kappa shape index (κ3) is 12.2. The van der Waals surface area contributed by atoms with Gasteiger partial charge in [-0.05, 0) is 155 Å². The molecule has 2 heterocycles. The molecule has 0 unspecified atom stereocenters. The van der Waals surface area contributed by atoms with Crippen LogP contribution in [0.1, 0.15) is 0 Å². The minimum Gasteiger partial charge on any atom is -0.254 e. The van der Waals surface area contributed by atoms with E-state index in [2.05, 4.69) is 82.8 Å². The molecule has 0 amide bonds. The molecular formula is C60H40CuF6N2P2. The second kappa shape index (κ2) is 23.6. The maximum atomic E-state index is 13.2. The summed E-state index contributed by atoms with van der Waals surface area (Å²) in [7, 11) is -1.97. The van der Waals surface area contributed by atoms with Gasteiger partial charge in [0.1, 0.15) is 34.9 Å². The largest absolute Gasteiger partial charge is 0.254 e. The van der Waals surface area contributed by atoms with E-state index >= 15 is 0 Å². The number of fused-ring (bicyclic) bond motifs is 3. The molecule has 11 aromatic rings. The number of halogens is 6. The molecule has 2 aromatic heterocycles. The predicted molar refractivity (Wildman–Crippen MR) is 278 cm³/mol. The van der Waals surface area contributed by atoms with E-state index in [0.29, 0.717) is 0 Å². The van der Waals surface area contributed by atoms with Gasteiger partial charge in [0.25, 0.3) is 0 Å². The summed E-state index contributed by atoms with van der Waals surface area (Å²) < 4.78 is 79.0. The number of aromatic nitrogens is 2. The molecule has 9 aromatic carbocycles. The van der Waals surface area contributed by atoms with Crippen molar-refractivity contribution in [3.63, 3.8) is 0 Å². The van der Waals surface area contributed by atoms with Gasteiger partial charge in [0, 0.05) is 40.2 Å². The van der Waals surface area contributed by atoms with Crippen molar-refractivity contribution in [1.29, 1.82) is 0 Å². The third-order valence-corrected chi connectivity index (χ3v) is 16.2. The van der Waals surface area contributed by atoms with Crippen molar-refractivity contribution >= 4 is 69.5 Å². The van der Waals surface area contributed by atoms with Crippen LogP contribution in [0.15, 0.2) is 243 Å². The molecule has 0 aliphatic heterocycles. The van der Waals surface area contributed by atoms with Gasteiger partial charge in [0.15, 0.2) is 0 Å². The van der Waals surface area contributed by atoms with E-state index in [1.807, 2.05) is 24.5 Å². The molecule has 0 atom stereocenters. The van der Waals surface area contributed by atoms with Crippen LogP contribution in [-0.4, -0.2) is 9.97 Å². The van der Waals surface area contributed by atoms with Gasteiger partial charge in [-0.15, -0.1) is 0 Å². The summed E-state index contributed by atoms with van der Waals surface area (Å²) in [5.41, 5.74) is 6.65. The van der Waals surface area contributed by atoms with Crippen LogP contribution >= 0.6 is 15.8 Å². The topological polar surface area (TPSA) is 25.8 Å². The van der Waals surface area contributed by atoms with Crippen LogP contribution in [0.25, 0.3) is 44.1 Å². The number of nitrogens with zero attached hydrogens (tertiary/aromatic N) is 2. The average Bonchev–Trinajstić information content (AvgIpc) is 3.40. The normalized spacial score (nSPS) is 10.8. The fraction of sp³-hybridized carbons (Fsp3) is 0. The van der Waals surface area contributed by atoms with Crippen molar-refractivity contribution in [1.82, 2.24) is 9.97 Å². The summed E-state index contributed by atoms with van der Waals surface area (Å²) in [4.78, 5) is 9.34. The smallest absolute Gasteiger partial charge is 0.123 e. The Morgan fingerprint density at radius 1 is 0.254 bits per heavy atom. The zero-order valence-electron chi connectivity index (χ0n) is 37.5. The second-order valence-electron chi connectivity index (χ2n) is 15.8. The minimum absolute atomic E-state index is 0. The van der Waals surface area contributed by atoms with Gasteiger partial charge in [-0.2, -0.15) is 0 Å². The molecule has 0 aliphatic carbocycles. The third-order valence-electron chi connectivity index (χ3n) is 11.3. The van der Waals surface area contributed by atoms with Gasteiger partial charge >= 0.3 is 0 Å². The Hall–Kier alpha value is -7.24. The number of benzene rings is 9. The van der Waals surface area contributed by atoms with Crippen molar-refractivity contribution in [2.45, 2.75) is 0 Å². The Labute approximate surface area is 420 Å². The molecule has 1 radical (unpaired) electrons. The van der Waals surface area contributed by atoms with E-state index in [1.165, 1.54) is 95.1 Å². The predicted octanol–water partition coefficient (Wildman–Crippen LogP) is 13.8. The number of pyridine rings is 2. The van der Waals surface area contributed by atoms with Gasteiger partial charge in [-0.25, -0.2) is 26.3 Å². The number of hydrogen-bond donors (Lipinski definition) is 0.